The van der Waals surface area contributed by atoms with Crippen molar-refractivity contribution in [2.45, 2.75) is 0 Å². The van der Waals surface area contributed by atoms with Crippen molar-refractivity contribution in [1.29, 1.82) is 0 Å². The summed E-state index contributed by atoms with van der Waals surface area (Å²) in [5.41, 5.74) is 7.12. The predicted molar refractivity (Wildman–Crippen MR) is 129 cm³/mol. The lowest BCUT2D eigenvalue weighted by atomic mass is 10.0. The molecule has 0 radical (unpaired) electrons. The molecule has 0 atom stereocenters. The summed E-state index contributed by atoms with van der Waals surface area (Å²) < 4.78 is 0. The van der Waals surface area contributed by atoms with Crippen LogP contribution in [0.4, 0.5) is 0 Å². The minimum Gasteiger partial charge on any atom is -0.228 e. The zero-order valence-corrected chi connectivity index (χ0v) is 17.5. The van der Waals surface area contributed by atoms with Crippen molar-refractivity contribution in [1.82, 2.24) is 9.97 Å². The zero-order chi connectivity index (χ0) is 21.0. The Morgan fingerprint density at radius 2 is 0.935 bits per heavy atom. The summed E-state index contributed by atoms with van der Waals surface area (Å²) in [5, 5.41) is 0.734. The average Bonchev–Trinajstić information content (AvgIpc) is 2.85. The van der Waals surface area contributed by atoms with Gasteiger partial charge in [0.15, 0.2) is 5.82 Å². The summed E-state index contributed by atoms with van der Waals surface area (Å²) in [5.74, 6) is 0.718. The first-order chi connectivity index (χ1) is 15.3. The van der Waals surface area contributed by atoms with Crippen LogP contribution in [0.2, 0.25) is 5.02 Å². The lowest BCUT2D eigenvalue weighted by Crippen LogP contribution is -1.95. The van der Waals surface area contributed by atoms with Crippen molar-refractivity contribution >= 4 is 11.6 Å². The molecular formula is C28H19ClN2. The Morgan fingerprint density at radius 1 is 0.419 bits per heavy atom. The van der Waals surface area contributed by atoms with E-state index in [2.05, 4.69) is 48.5 Å². The summed E-state index contributed by atoms with van der Waals surface area (Å²) in [6, 6.07) is 38.6. The molecule has 31 heavy (non-hydrogen) atoms. The maximum atomic E-state index is 6.16. The predicted octanol–water partition coefficient (Wildman–Crippen LogP) is 7.80. The molecule has 0 N–H and O–H groups in total. The van der Waals surface area contributed by atoms with Crippen molar-refractivity contribution in [3.8, 4) is 45.0 Å². The molecule has 1 aromatic heterocycles. The van der Waals surface area contributed by atoms with E-state index in [9.17, 15) is 0 Å². The van der Waals surface area contributed by atoms with Gasteiger partial charge in [0.05, 0.1) is 11.4 Å². The molecule has 1 heterocycles. The molecule has 0 amide bonds. The molecule has 4 aromatic carbocycles. The number of hydrogen-bond acceptors (Lipinski definition) is 2. The monoisotopic (exact) mass is 418 g/mol. The van der Waals surface area contributed by atoms with Gasteiger partial charge in [0.25, 0.3) is 0 Å². The van der Waals surface area contributed by atoms with Gasteiger partial charge < -0.3 is 0 Å². The fraction of sp³-hybridized carbons (Fsp3) is 0. The van der Waals surface area contributed by atoms with Gasteiger partial charge in [0.1, 0.15) is 0 Å². The third kappa shape index (κ3) is 4.25. The SMILES string of the molecule is Clc1cccc(-c2ccc(-c3cc(-c4ccccc4)nc(-c4ccccc4)n3)cc2)c1. The average molecular weight is 419 g/mol. The summed E-state index contributed by atoms with van der Waals surface area (Å²) in [6.07, 6.45) is 0. The first-order valence-electron chi connectivity index (χ1n) is 10.1. The Hall–Kier alpha value is -3.75. The Labute approximate surface area is 186 Å². The number of hydrogen-bond donors (Lipinski definition) is 0. The second-order valence-corrected chi connectivity index (χ2v) is 7.72. The van der Waals surface area contributed by atoms with Crippen LogP contribution in [-0.2, 0) is 0 Å². The van der Waals surface area contributed by atoms with Gasteiger partial charge >= 0.3 is 0 Å². The first-order valence-corrected chi connectivity index (χ1v) is 10.5. The summed E-state index contributed by atoms with van der Waals surface area (Å²) >= 11 is 6.16. The molecule has 0 saturated carbocycles. The lowest BCUT2D eigenvalue weighted by molar-refractivity contribution is 1.18. The molecule has 3 heteroatoms. The van der Waals surface area contributed by atoms with Crippen LogP contribution in [0.15, 0.2) is 115 Å². The molecule has 0 aliphatic carbocycles. The van der Waals surface area contributed by atoms with Crippen LogP contribution in [0.3, 0.4) is 0 Å². The topological polar surface area (TPSA) is 25.8 Å². The van der Waals surface area contributed by atoms with E-state index >= 15 is 0 Å². The van der Waals surface area contributed by atoms with E-state index in [-0.39, 0.29) is 0 Å². The molecular weight excluding hydrogens is 400 g/mol. The maximum absolute atomic E-state index is 6.16. The standard InChI is InChI=1S/C28H19ClN2/c29-25-13-7-12-24(18-25)20-14-16-22(17-15-20)27-19-26(21-8-3-1-4-9-21)30-28(31-27)23-10-5-2-6-11-23/h1-19H. The van der Waals surface area contributed by atoms with Gasteiger partial charge in [-0.3, -0.25) is 0 Å². The molecule has 0 spiro atoms. The van der Waals surface area contributed by atoms with Crippen LogP contribution in [0, 0.1) is 0 Å². The third-order valence-electron chi connectivity index (χ3n) is 5.17. The van der Waals surface area contributed by atoms with E-state index in [0.717, 1.165) is 50.1 Å². The van der Waals surface area contributed by atoms with E-state index in [4.69, 9.17) is 21.6 Å². The molecule has 0 unspecified atom stereocenters. The van der Waals surface area contributed by atoms with Gasteiger partial charge in [-0.1, -0.05) is 109 Å². The van der Waals surface area contributed by atoms with Crippen LogP contribution in [-0.4, -0.2) is 9.97 Å². The normalized spacial score (nSPS) is 10.7. The molecule has 0 bridgehead atoms. The fourth-order valence-electron chi connectivity index (χ4n) is 3.57. The first kappa shape index (κ1) is 19.2. The van der Waals surface area contributed by atoms with E-state index in [1.807, 2.05) is 66.7 Å². The highest BCUT2D eigenvalue weighted by molar-refractivity contribution is 6.30. The van der Waals surface area contributed by atoms with E-state index < -0.39 is 0 Å². The van der Waals surface area contributed by atoms with Crippen molar-refractivity contribution in [3.05, 3.63) is 120 Å². The van der Waals surface area contributed by atoms with Gasteiger partial charge in [0, 0.05) is 21.7 Å². The van der Waals surface area contributed by atoms with Crippen molar-refractivity contribution in [2.24, 2.45) is 0 Å². The van der Waals surface area contributed by atoms with E-state index in [1.165, 1.54) is 0 Å². The Balaban J connectivity index is 1.59. The van der Waals surface area contributed by atoms with Crippen molar-refractivity contribution in [3.63, 3.8) is 0 Å². The number of nitrogens with zero attached hydrogens (tertiary/aromatic N) is 2. The highest BCUT2D eigenvalue weighted by Gasteiger charge is 2.10. The molecule has 5 aromatic rings. The fourth-order valence-corrected chi connectivity index (χ4v) is 3.76. The van der Waals surface area contributed by atoms with Crippen LogP contribution in [0.25, 0.3) is 45.0 Å². The van der Waals surface area contributed by atoms with Gasteiger partial charge in [-0.2, -0.15) is 0 Å². The summed E-state index contributed by atoms with van der Waals surface area (Å²) in [6.45, 7) is 0. The van der Waals surface area contributed by atoms with Gasteiger partial charge in [-0.15, -0.1) is 0 Å². The summed E-state index contributed by atoms with van der Waals surface area (Å²) in [4.78, 5) is 9.73. The van der Waals surface area contributed by atoms with Gasteiger partial charge in [-0.05, 0) is 29.3 Å². The number of benzene rings is 4. The smallest absolute Gasteiger partial charge is 0.160 e. The minimum atomic E-state index is 0.718. The Bertz CT molecular complexity index is 1260. The molecule has 148 valence electrons. The third-order valence-corrected chi connectivity index (χ3v) is 5.40. The lowest BCUT2D eigenvalue weighted by Gasteiger charge is -2.10. The molecule has 5 rings (SSSR count). The highest BCUT2D eigenvalue weighted by Crippen LogP contribution is 2.29. The van der Waals surface area contributed by atoms with Gasteiger partial charge in [0.2, 0.25) is 0 Å². The van der Waals surface area contributed by atoms with Crippen LogP contribution in [0.1, 0.15) is 0 Å². The zero-order valence-electron chi connectivity index (χ0n) is 16.7. The van der Waals surface area contributed by atoms with Crippen molar-refractivity contribution < 1.29 is 0 Å². The number of aromatic nitrogens is 2. The molecule has 0 saturated heterocycles. The highest BCUT2D eigenvalue weighted by atomic mass is 35.5. The number of halogens is 1. The Morgan fingerprint density at radius 3 is 1.55 bits per heavy atom. The largest absolute Gasteiger partial charge is 0.228 e. The van der Waals surface area contributed by atoms with E-state index in [1.54, 1.807) is 0 Å². The molecule has 0 aliphatic heterocycles. The van der Waals surface area contributed by atoms with Crippen LogP contribution < -0.4 is 0 Å². The Kier molecular flexibility index (Phi) is 5.30. The van der Waals surface area contributed by atoms with Crippen LogP contribution in [0.5, 0.6) is 0 Å². The van der Waals surface area contributed by atoms with E-state index in [0.29, 0.717) is 0 Å². The van der Waals surface area contributed by atoms with Gasteiger partial charge in [-0.25, -0.2) is 9.97 Å². The second-order valence-electron chi connectivity index (χ2n) is 7.28. The summed E-state index contributed by atoms with van der Waals surface area (Å²) in [7, 11) is 0. The number of rotatable bonds is 4. The second kappa shape index (κ2) is 8.55. The van der Waals surface area contributed by atoms with Crippen LogP contribution >= 0.6 is 11.6 Å². The van der Waals surface area contributed by atoms with Crippen molar-refractivity contribution in [2.75, 3.05) is 0 Å². The quantitative estimate of drug-likeness (QED) is 0.297. The maximum Gasteiger partial charge on any atom is 0.160 e. The molecule has 0 aliphatic rings. The molecule has 2 nitrogen and oxygen atoms in total. The minimum absolute atomic E-state index is 0.718. The molecule has 0 fully saturated rings.